The minimum absolute atomic E-state index is 0.665. The van der Waals surface area contributed by atoms with Crippen molar-refractivity contribution in [1.29, 1.82) is 0 Å². The lowest BCUT2D eigenvalue weighted by Gasteiger charge is -2.03. The predicted molar refractivity (Wildman–Crippen MR) is 86.8 cm³/mol. The fourth-order valence-corrected chi connectivity index (χ4v) is 2.61. The Morgan fingerprint density at radius 1 is 1.19 bits per heavy atom. The molecule has 0 aliphatic rings. The second-order valence-corrected chi connectivity index (χ2v) is 5.66. The van der Waals surface area contributed by atoms with Crippen LogP contribution in [0.15, 0.2) is 47.3 Å². The van der Waals surface area contributed by atoms with E-state index in [4.69, 9.17) is 5.73 Å². The van der Waals surface area contributed by atoms with Crippen molar-refractivity contribution in [3.05, 3.63) is 52.9 Å². The van der Waals surface area contributed by atoms with E-state index in [2.05, 4.69) is 32.2 Å². The van der Waals surface area contributed by atoms with Crippen LogP contribution in [0.4, 0.5) is 5.69 Å². The maximum Gasteiger partial charge on any atom is 0.118 e. The van der Waals surface area contributed by atoms with Crippen LogP contribution in [0.3, 0.4) is 0 Å². The lowest BCUT2D eigenvalue weighted by molar-refractivity contribution is 0.660. The molecule has 3 rings (SSSR count). The number of hydrogen-bond donors (Lipinski definition) is 1. The van der Waals surface area contributed by atoms with Gasteiger partial charge in [0.15, 0.2) is 0 Å². The highest BCUT2D eigenvalue weighted by atomic mass is 79.9. The molecule has 1 aromatic carbocycles. The van der Waals surface area contributed by atoms with Gasteiger partial charge in [0.2, 0.25) is 0 Å². The molecule has 0 saturated carbocycles. The van der Waals surface area contributed by atoms with Gasteiger partial charge < -0.3 is 5.73 Å². The first-order valence-electron chi connectivity index (χ1n) is 6.76. The van der Waals surface area contributed by atoms with Crippen LogP contribution in [0.5, 0.6) is 0 Å². The van der Waals surface area contributed by atoms with Crippen molar-refractivity contribution < 1.29 is 0 Å². The lowest BCUT2D eigenvalue weighted by atomic mass is 10.2. The first-order chi connectivity index (χ1) is 10.2. The van der Waals surface area contributed by atoms with Crippen LogP contribution in [0.1, 0.15) is 12.5 Å². The number of nitrogen functional groups attached to an aromatic ring is 1. The highest BCUT2D eigenvalue weighted by molar-refractivity contribution is 9.10. The summed E-state index contributed by atoms with van der Waals surface area (Å²) >= 11 is 3.55. The molecule has 0 radical (unpaired) electrons. The van der Waals surface area contributed by atoms with E-state index < -0.39 is 0 Å². The van der Waals surface area contributed by atoms with Crippen LogP contribution in [0.2, 0.25) is 0 Å². The summed E-state index contributed by atoms with van der Waals surface area (Å²) in [5.74, 6) is 0. The summed E-state index contributed by atoms with van der Waals surface area (Å²) < 4.78 is 4.79. The Morgan fingerprint density at radius 2 is 2.00 bits per heavy atom. The normalized spacial score (nSPS) is 11.0. The van der Waals surface area contributed by atoms with Gasteiger partial charge in [-0.05, 0) is 18.6 Å². The molecule has 0 unspecified atom stereocenters. The fraction of sp³-hybridized carbons (Fsp3) is 0.200. The fourth-order valence-electron chi connectivity index (χ4n) is 2.20. The Hall–Kier alpha value is -2.08. The standard InChI is InChI=1S/C15H16BrN5/c1-2-20-9-12(7-18-20)15-14(17)10-21(19-15)8-11-5-3-4-6-13(11)16/h3-7,9-10H,2,8,17H2,1H3. The molecule has 0 aliphatic carbocycles. The van der Waals surface area contributed by atoms with Crippen LogP contribution in [0.25, 0.3) is 11.3 Å². The average Bonchev–Trinajstić information content (AvgIpc) is 3.08. The molecule has 108 valence electrons. The van der Waals surface area contributed by atoms with Gasteiger partial charge in [-0.3, -0.25) is 9.36 Å². The molecule has 0 bridgehead atoms. The first-order valence-corrected chi connectivity index (χ1v) is 7.56. The van der Waals surface area contributed by atoms with E-state index in [1.807, 2.05) is 46.9 Å². The van der Waals surface area contributed by atoms with Crippen molar-refractivity contribution in [2.75, 3.05) is 5.73 Å². The van der Waals surface area contributed by atoms with Crippen molar-refractivity contribution in [1.82, 2.24) is 19.6 Å². The quantitative estimate of drug-likeness (QED) is 0.789. The maximum atomic E-state index is 6.08. The highest BCUT2D eigenvalue weighted by Gasteiger charge is 2.11. The van der Waals surface area contributed by atoms with E-state index in [-0.39, 0.29) is 0 Å². The predicted octanol–water partition coefficient (Wildman–Crippen LogP) is 3.16. The minimum atomic E-state index is 0.665. The molecule has 0 atom stereocenters. The van der Waals surface area contributed by atoms with Crippen molar-refractivity contribution in [3.8, 4) is 11.3 Å². The molecule has 2 heterocycles. The molecular formula is C15H16BrN5. The number of rotatable bonds is 4. The van der Waals surface area contributed by atoms with Gasteiger partial charge in [-0.2, -0.15) is 10.2 Å². The number of nitrogens with zero attached hydrogens (tertiary/aromatic N) is 4. The van der Waals surface area contributed by atoms with Crippen LogP contribution >= 0.6 is 15.9 Å². The Balaban J connectivity index is 1.89. The van der Waals surface area contributed by atoms with Gasteiger partial charge in [-0.1, -0.05) is 34.1 Å². The Labute approximate surface area is 131 Å². The molecule has 0 aliphatic heterocycles. The van der Waals surface area contributed by atoms with Crippen molar-refractivity contribution in [3.63, 3.8) is 0 Å². The van der Waals surface area contributed by atoms with Crippen LogP contribution in [-0.2, 0) is 13.1 Å². The summed E-state index contributed by atoms with van der Waals surface area (Å²) in [5, 5.41) is 8.85. The van der Waals surface area contributed by atoms with Gasteiger partial charge >= 0.3 is 0 Å². The largest absolute Gasteiger partial charge is 0.396 e. The Morgan fingerprint density at radius 3 is 2.71 bits per heavy atom. The number of anilines is 1. The van der Waals surface area contributed by atoms with E-state index >= 15 is 0 Å². The van der Waals surface area contributed by atoms with Gasteiger partial charge in [-0.15, -0.1) is 0 Å². The molecule has 0 amide bonds. The van der Waals surface area contributed by atoms with Gasteiger partial charge in [0.05, 0.1) is 18.4 Å². The molecule has 3 aromatic rings. The number of halogens is 1. The van der Waals surface area contributed by atoms with Crippen molar-refractivity contribution >= 4 is 21.6 Å². The van der Waals surface area contributed by atoms with Crippen LogP contribution < -0.4 is 5.73 Å². The summed E-state index contributed by atoms with van der Waals surface area (Å²) in [4.78, 5) is 0. The summed E-state index contributed by atoms with van der Waals surface area (Å²) in [6.45, 7) is 3.55. The highest BCUT2D eigenvalue weighted by Crippen LogP contribution is 2.24. The monoisotopic (exact) mass is 345 g/mol. The minimum Gasteiger partial charge on any atom is -0.396 e. The molecular weight excluding hydrogens is 330 g/mol. The van der Waals surface area contributed by atoms with Gasteiger partial charge in [0.25, 0.3) is 0 Å². The SMILES string of the molecule is CCn1cc(-c2nn(Cc3ccccc3Br)cc2N)cn1. The molecule has 6 heteroatoms. The second-order valence-electron chi connectivity index (χ2n) is 4.81. The second kappa shape index (κ2) is 5.73. The van der Waals surface area contributed by atoms with E-state index in [9.17, 15) is 0 Å². The third-order valence-electron chi connectivity index (χ3n) is 3.31. The van der Waals surface area contributed by atoms with Crippen molar-refractivity contribution in [2.45, 2.75) is 20.0 Å². The average molecular weight is 346 g/mol. The van der Waals surface area contributed by atoms with E-state index in [0.717, 1.165) is 27.8 Å². The molecule has 0 saturated heterocycles. The number of nitrogens with two attached hydrogens (primary N) is 1. The summed E-state index contributed by atoms with van der Waals surface area (Å²) in [7, 11) is 0. The van der Waals surface area contributed by atoms with Gasteiger partial charge in [0.1, 0.15) is 5.69 Å². The molecule has 2 aromatic heterocycles. The molecule has 0 spiro atoms. The topological polar surface area (TPSA) is 61.7 Å². The molecule has 0 fully saturated rings. The van der Waals surface area contributed by atoms with E-state index in [1.165, 1.54) is 0 Å². The number of aryl methyl sites for hydroxylation is 1. The Kier molecular flexibility index (Phi) is 3.79. The third kappa shape index (κ3) is 2.85. The van der Waals surface area contributed by atoms with E-state index in [1.54, 1.807) is 6.20 Å². The maximum absolute atomic E-state index is 6.08. The summed E-state index contributed by atoms with van der Waals surface area (Å²) in [6.07, 6.45) is 5.62. The zero-order chi connectivity index (χ0) is 14.8. The molecule has 21 heavy (non-hydrogen) atoms. The van der Waals surface area contributed by atoms with Gasteiger partial charge in [-0.25, -0.2) is 0 Å². The van der Waals surface area contributed by atoms with Crippen LogP contribution in [0, 0.1) is 0 Å². The summed E-state index contributed by atoms with van der Waals surface area (Å²) in [5.41, 5.74) is 9.64. The van der Waals surface area contributed by atoms with Gasteiger partial charge in [0, 0.05) is 29.0 Å². The van der Waals surface area contributed by atoms with Crippen molar-refractivity contribution in [2.24, 2.45) is 0 Å². The number of hydrogen-bond acceptors (Lipinski definition) is 3. The zero-order valence-electron chi connectivity index (χ0n) is 11.7. The summed E-state index contributed by atoms with van der Waals surface area (Å²) in [6, 6.07) is 8.10. The lowest BCUT2D eigenvalue weighted by Crippen LogP contribution is -2.01. The molecule has 2 N–H and O–H groups in total. The first kappa shape index (κ1) is 13.9. The molecule has 5 nitrogen and oxygen atoms in total. The zero-order valence-corrected chi connectivity index (χ0v) is 13.3. The number of aromatic nitrogens is 4. The Bertz CT molecular complexity index is 759. The number of benzene rings is 1. The van der Waals surface area contributed by atoms with Crippen LogP contribution in [-0.4, -0.2) is 19.6 Å². The van der Waals surface area contributed by atoms with E-state index in [0.29, 0.717) is 12.2 Å². The smallest absolute Gasteiger partial charge is 0.118 e. The third-order valence-corrected chi connectivity index (χ3v) is 4.08.